The number of alkyl halides is 3. The average Bonchev–Trinajstić information content (AvgIpc) is 2.05. The van der Waals surface area contributed by atoms with Crippen LogP contribution in [-0.2, 0) is 0 Å². The monoisotopic (exact) mass is 222 g/mol. The molecule has 3 N–H and O–H groups in total. The molecule has 0 aliphatic carbocycles. The predicted molar refractivity (Wildman–Crippen MR) is 42.3 cm³/mol. The molecule has 0 unspecified atom stereocenters. The molecule has 1 rings (SSSR count). The Balaban J connectivity index is 2.99. The van der Waals surface area contributed by atoms with E-state index in [0.29, 0.717) is 6.20 Å². The maximum atomic E-state index is 11.8. The second-order valence-electron chi connectivity index (χ2n) is 2.46. The SMILES string of the molecule is Nc1cc(C(=O)O)ncc1OC(F)(F)F. The van der Waals surface area contributed by atoms with E-state index in [0.717, 1.165) is 6.07 Å². The number of carboxylic acids is 1. The first kappa shape index (κ1) is 11.1. The smallest absolute Gasteiger partial charge is 0.477 e. The molecule has 1 heterocycles. The fraction of sp³-hybridized carbons (Fsp3) is 0.143. The zero-order valence-corrected chi connectivity index (χ0v) is 7.08. The quantitative estimate of drug-likeness (QED) is 0.786. The fourth-order valence-electron chi connectivity index (χ4n) is 0.785. The number of rotatable bonds is 2. The lowest BCUT2D eigenvalue weighted by atomic mass is 10.3. The van der Waals surface area contributed by atoms with E-state index >= 15 is 0 Å². The van der Waals surface area contributed by atoms with Crippen molar-refractivity contribution in [2.45, 2.75) is 6.36 Å². The topological polar surface area (TPSA) is 85.4 Å². The third-order valence-electron chi connectivity index (χ3n) is 1.34. The van der Waals surface area contributed by atoms with Crippen LogP contribution < -0.4 is 10.5 Å². The number of anilines is 1. The summed E-state index contributed by atoms with van der Waals surface area (Å²) in [6, 6.07) is 0.781. The van der Waals surface area contributed by atoms with Crippen LogP contribution >= 0.6 is 0 Å². The molecule has 8 heteroatoms. The van der Waals surface area contributed by atoms with E-state index in [-0.39, 0.29) is 0 Å². The Labute approximate surface area is 81.3 Å². The molecule has 0 aliphatic heterocycles. The van der Waals surface area contributed by atoms with Gasteiger partial charge >= 0.3 is 12.3 Å². The molecule has 0 bridgehead atoms. The van der Waals surface area contributed by atoms with E-state index in [1.54, 1.807) is 0 Å². The molecule has 1 aromatic rings. The summed E-state index contributed by atoms with van der Waals surface area (Å²) < 4.78 is 38.8. The summed E-state index contributed by atoms with van der Waals surface area (Å²) in [7, 11) is 0. The van der Waals surface area contributed by atoms with Crippen molar-refractivity contribution in [3.63, 3.8) is 0 Å². The highest BCUT2D eigenvalue weighted by Crippen LogP contribution is 2.27. The van der Waals surface area contributed by atoms with Crippen LogP contribution in [-0.4, -0.2) is 22.4 Å². The van der Waals surface area contributed by atoms with Crippen LogP contribution in [0.3, 0.4) is 0 Å². The minimum atomic E-state index is -4.89. The molecule has 0 fully saturated rings. The molecule has 0 amide bonds. The molecule has 0 saturated heterocycles. The number of carboxylic acid groups (broad SMARTS) is 1. The van der Waals surface area contributed by atoms with Crippen LogP contribution in [0.4, 0.5) is 18.9 Å². The summed E-state index contributed by atoms with van der Waals surface area (Å²) >= 11 is 0. The van der Waals surface area contributed by atoms with Crippen molar-refractivity contribution in [1.82, 2.24) is 4.98 Å². The number of hydrogen-bond donors (Lipinski definition) is 2. The van der Waals surface area contributed by atoms with Crippen molar-refractivity contribution in [1.29, 1.82) is 0 Å². The molecular weight excluding hydrogens is 217 g/mol. The van der Waals surface area contributed by atoms with E-state index in [9.17, 15) is 18.0 Å². The Morgan fingerprint density at radius 1 is 1.53 bits per heavy atom. The average molecular weight is 222 g/mol. The maximum Gasteiger partial charge on any atom is 0.573 e. The summed E-state index contributed by atoms with van der Waals surface area (Å²) in [5, 5.41) is 8.45. The van der Waals surface area contributed by atoms with E-state index in [1.165, 1.54) is 0 Å². The van der Waals surface area contributed by atoms with E-state index in [4.69, 9.17) is 10.8 Å². The fourth-order valence-corrected chi connectivity index (χ4v) is 0.785. The molecule has 0 atom stereocenters. The molecule has 82 valence electrons. The van der Waals surface area contributed by atoms with Crippen molar-refractivity contribution < 1.29 is 27.8 Å². The molecular formula is C7H5F3N2O3. The van der Waals surface area contributed by atoms with Gasteiger partial charge in [-0.3, -0.25) is 0 Å². The Bertz CT molecular complexity index is 392. The van der Waals surface area contributed by atoms with Gasteiger partial charge in [0.1, 0.15) is 0 Å². The summed E-state index contributed by atoms with van der Waals surface area (Å²) in [5.74, 6) is -2.12. The zero-order valence-electron chi connectivity index (χ0n) is 7.08. The van der Waals surface area contributed by atoms with Crippen LogP contribution in [0, 0.1) is 0 Å². The lowest BCUT2D eigenvalue weighted by Crippen LogP contribution is -2.18. The van der Waals surface area contributed by atoms with Crippen molar-refractivity contribution in [2.75, 3.05) is 5.73 Å². The minimum absolute atomic E-state index is 0.445. The number of halogens is 3. The zero-order chi connectivity index (χ0) is 11.6. The highest BCUT2D eigenvalue weighted by Gasteiger charge is 2.32. The molecule has 1 aromatic heterocycles. The normalized spacial score (nSPS) is 11.1. The van der Waals surface area contributed by atoms with Gasteiger partial charge in [0.25, 0.3) is 0 Å². The number of nitrogens with zero attached hydrogens (tertiary/aromatic N) is 1. The lowest BCUT2D eigenvalue weighted by Gasteiger charge is -2.10. The van der Waals surface area contributed by atoms with Crippen molar-refractivity contribution in [3.8, 4) is 5.75 Å². The van der Waals surface area contributed by atoms with Gasteiger partial charge in [-0.05, 0) is 6.07 Å². The van der Waals surface area contributed by atoms with Gasteiger partial charge < -0.3 is 15.6 Å². The number of nitrogen functional groups attached to an aromatic ring is 1. The van der Waals surface area contributed by atoms with Gasteiger partial charge in [0.15, 0.2) is 11.4 Å². The Hall–Kier alpha value is -1.99. The number of ether oxygens (including phenoxy) is 1. The van der Waals surface area contributed by atoms with Crippen LogP contribution in [0.5, 0.6) is 5.75 Å². The van der Waals surface area contributed by atoms with Gasteiger partial charge in [0, 0.05) is 0 Å². The predicted octanol–water partition coefficient (Wildman–Crippen LogP) is 1.26. The summed E-state index contributed by atoms with van der Waals surface area (Å²) in [5.41, 5.74) is 4.24. The molecule has 0 aromatic carbocycles. The van der Waals surface area contributed by atoms with Gasteiger partial charge in [0.2, 0.25) is 0 Å². The third kappa shape index (κ3) is 3.01. The standard InChI is InChI=1S/C7H5F3N2O3/c8-7(9,10)15-5-2-12-4(6(13)14)1-3(5)11/h1-2H,(H2,11,12)(H,13,14). The summed E-state index contributed by atoms with van der Waals surface area (Å²) in [6.45, 7) is 0. The van der Waals surface area contributed by atoms with Gasteiger partial charge in [-0.25, -0.2) is 9.78 Å². The van der Waals surface area contributed by atoms with Gasteiger partial charge in [-0.2, -0.15) is 0 Å². The van der Waals surface area contributed by atoms with Crippen molar-refractivity contribution in [3.05, 3.63) is 18.0 Å². The van der Waals surface area contributed by atoms with Crippen LogP contribution in [0.1, 0.15) is 10.5 Å². The van der Waals surface area contributed by atoms with Gasteiger partial charge in [-0.15, -0.1) is 13.2 Å². The number of carbonyl (C=O) groups is 1. The van der Waals surface area contributed by atoms with E-state index in [2.05, 4.69) is 9.72 Å². The first-order valence-corrected chi connectivity index (χ1v) is 3.54. The van der Waals surface area contributed by atoms with E-state index in [1.807, 2.05) is 0 Å². The van der Waals surface area contributed by atoms with Gasteiger partial charge in [0.05, 0.1) is 11.9 Å². The van der Waals surface area contributed by atoms with E-state index < -0.39 is 29.5 Å². The number of hydrogen-bond acceptors (Lipinski definition) is 4. The molecule has 0 saturated carbocycles. The Morgan fingerprint density at radius 3 is 2.53 bits per heavy atom. The first-order chi connectivity index (χ1) is 6.79. The second-order valence-corrected chi connectivity index (χ2v) is 2.46. The summed E-state index contributed by atoms with van der Waals surface area (Å²) in [4.78, 5) is 13.6. The van der Waals surface area contributed by atoms with Gasteiger partial charge in [-0.1, -0.05) is 0 Å². The maximum absolute atomic E-state index is 11.8. The van der Waals surface area contributed by atoms with Crippen LogP contribution in [0.15, 0.2) is 12.3 Å². The largest absolute Gasteiger partial charge is 0.573 e. The van der Waals surface area contributed by atoms with Crippen molar-refractivity contribution >= 4 is 11.7 Å². The lowest BCUT2D eigenvalue weighted by molar-refractivity contribution is -0.274. The highest BCUT2D eigenvalue weighted by molar-refractivity contribution is 5.86. The third-order valence-corrected chi connectivity index (χ3v) is 1.34. The minimum Gasteiger partial charge on any atom is -0.477 e. The Kier molecular flexibility index (Phi) is 2.69. The molecule has 15 heavy (non-hydrogen) atoms. The highest BCUT2D eigenvalue weighted by atomic mass is 19.4. The van der Waals surface area contributed by atoms with Crippen LogP contribution in [0.25, 0.3) is 0 Å². The molecule has 0 spiro atoms. The molecule has 5 nitrogen and oxygen atoms in total. The number of aromatic carboxylic acids is 1. The summed E-state index contributed by atoms with van der Waals surface area (Å²) in [6.07, 6.45) is -4.28. The second kappa shape index (κ2) is 3.64. The Morgan fingerprint density at radius 2 is 2.13 bits per heavy atom. The number of nitrogens with two attached hydrogens (primary N) is 1. The number of aromatic nitrogens is 1. The first-order valence-electron chi connectivity index (χ1n) is 3.54. The van der Waals surface area contributed by atoms with Crippen LogP contribution in [0.2, 0.25) is 0 Å². The molecule has 0 aliphatic rings. The number of pyridine rings is 1. The van der Waals surface area contributed by atoms with Crippen molar-refractivity contribution in [2.24, 2.45) is 0 Å². The molecule has 0 radical (unpaired) electrons.